The Hall–Kier alpha value is -0.0800. The Balaban J connectivity index is 1.86. The van der Waals surface area contributed by atoms with Crippen molar-refractivity contribution in [2.24, 2.45) is 11.3 Å². The van der Waals surface area contributed by atoms with E-state index in [0.29, 0.717) is 17.5 Å². The van der Waals surface area contributed by atoms with Gasteiger partial charge in [-0.1, -0.05) is 33.6 Å². The zero-order valence-electron chi connectivity index (χ0n) is 11.7. The lowest BCUT2D eigenvalue weighted by atomic mass is 9.70. The summed E-state index contributed by atoms with van der Waals surface area (Å²) >= 11 is 0. The van der Waals surface area contributed by atoms with Crippen molar-refractivity contribution in [3.8, 4) is 0 Å². The van der Waals surface area contributed by atoms with Crippen LogP contribution >= 0.6 is 0 Å². The molecule has 0 bridgehead atoms. The first-order valence-corrected chi connectivity index (χ1v) is 7.42. The Kier molecular flexibility index (Phi) is 4.14. The van der Waals surface area contributed by atoms with E-state index in [9.17, 15) is 5.11 Å². The monoisotopic (exact) mass is 239 g/mol. The minimum Gasteiger partial charge on any atom is -0.392 e. The highest BCUT2D eigenvalue weighted by Crippen LogP contribution is 2.39. The van der Waals surface area contributed by atoms with Gasteiger partial charge in [-0.05, 0) is 43.4 Å². The summed E-state index contributed by atoms with van der Waals surface area (Å²) in [6.45, 7) is 7.14. The largest absolute Gasteiger partial charge is 0.392 e. The summed E-state index contributed by atoms with van der Waals surface area (Å²) in [5, 5.41) is 13.8. The van der Waals surface area contributed by atoms with E-state index in [1.54, 1.807) is 0 Å². The van der Waals surface area contributed by atoms with Gasteiger partial charge in [0.15, 0.2) is 0 Å². The van der Waals surface area contributed by atoms with Crippen LogP contribution in [0.5, 0.6) is 0 Å². The van der Waals surface area contributed by atoms with Crippen molar-refractivity contribution in [1.82, 2.24) is 5.32 Å². The first kappa shape index (κ1) is 13.4. The molecular formula is C15H29NO. The molecule has 4 atom stereocenters. The maximum atomic E-state index is 10.0. The number of rotatable bonds is 2. The molecular weight excluding hydrogens is 210 g/mol. The van der Waals surface area contributed by atoms with Crippen molar-refractivity contribution in [2.45, 2.75) is 83.9 Å². The fraction of sp³-hybridized carbons (Fsp3) is 1.00. The van der Waals surface area contributed by atoms with Gasteiger partial charge in [-0.2, -0.15) is 0 Å². The molecule has 2 rings (SSSR count). The number of aliphatic hydroxyl groups is 1. The highest BCUT2D eigenvalue weighted by Gasteiger charge is 2.34. The van der Waals surface area contributed by atoms with Crippen LogP contribution in [0.2, 0.25) is 0 Å². The van der Waals surface area contributed by atoms with E-state index in [1.807, 2.05) is 0 Å². The summed E-state index contributed by atoms with van der Waals surface area (Å²) in [5.74, 6) is 0.743. The molecule has 0 amide bonds. The van der Waals surface area contributed by atoms with Gasteiger partial charge >= 0.3 is 0 Å². The van der Waals surface area contributed by atoms with E-state index in [2.05, 4.69) is 26.1 Å². The van der Waals surface area contributed by atoms with Gasteiger partial charge in [0.25, 0.3) is 0 Å². The van der Waals surface area contributed by atoms with Gasteiger partial charge in [0.2, 0.25) is 0 Å². The summed E-state index contributed by atoms with van der Waals surface area (Å²) in [7, 11) is 0. The van der Waals surface area contributed by atoms with Crippen LogP contribution in [-0.2, 0) is 0 Å². The summed E-state index contributed by atoms with van der Waals surface area (Å²) in [5.41, 5.74) is 0.517. The SMILES string of the molecule is CC1CC(C)(C)CCC1NC1CCCCC1O. The summed E-state index contributed by atoms with van der Waals surface area (Å²) in [6, 6.07) is 0.984. The fourth-order valence-electron chi connectivity index (χ4n) is 3.77. The molecule has 17 heavy (non-hydrogen) atoms. The molecule has 100 valence electrons. The van der Waals surface area contributed by atoms with Crippen LogP contribution in [0.25, 0.3) is 0 Å². The van der Waals surface area contributed by atoms with Crippen molar-refractivity contribution in [3.63, 3.8) is 0 Å². The van der Waals surface area contributed by atoms with Crippen LogP contribution in [0.3, 0.4) is 0 Å². The van der Waals surface area contributed by atoms with E-state index in [-0.39, 0.29) is 6.10 Å². The van der Waals surface area contributed by atoms with Gasteiger partial charge in [0, 0.05) is 12.1 Å². The Labute approximate surface area is 106 Å². The third-order valence-corrected chi connectivity index (χ3v) is 4.85. The van der Waals surface area contributed by atoms with Gasteiger partial charge in [-0.25, -0.2) is 0 Å². The second-order valence-corrected chi connectivity index (χ2v) is 7.12. The fourth-order valence-corrected chi connectivity index (χ4v) is 3.77. The average molecular weight is 239 g/mol. The van der Waals surface area contributed by atoms with E-state index in [4.69, 9.17) is 0 Å². The standard InChI is InChI=1S/C15H29NO/c1-11-10-15(2,3)9-8-12(11)16-13-6-4-5-7-14(13)17/h11-14,16-17H,4-10H2,1-3H3. The minimum atomic E-state index is -0.106. The normalized spacial score (nSPS) is 42.4. The van der Waals surface area contributed by atoms with E-state index >= 15 is 0 Å². The quantitative estimate of drug-likeness (QED) is 0.776. The number of hydrogen-bond donors (Lipinski definition) is 2. The molecule has 4 unspecified atom stereocenters. The van der Waals surface area contributed by atoms with Crippen LogP contribution in [0.1, 0.15) is 65.7 Å². The maximum Gasteiger partial charge on any atom is 0.0693 e. The third-order valence-electron chi connectivity index (χ3n) is 4.85. The van der Waals surface area contributed by atoms with Crippen LogP contribution < -0.4 is 5.32 Å². The number of nitrogens with one attached hydrogen (secondary N) is 1. The molecule has 2 aliphatic carbocycles. The molecule has 2 N–H and O–H groups in total. The molecule has 2 saturated carbocycles. The molecule has 2 nitrogen and oxygen atoms in total. The molecule has 0 radical (unpaired) electrons. The second kappa shape index (κ2) is 5.27. The lowest BCUT2D eigenvalue weighted by Crippen LogP contribution is -2.51. The molecule has 2 aliphatic rings. The lowest BCUT2D eigenvalue weighted by Gasteiger charge is -2.42. The zero-order valence-corrected chi connectivity index (χ0v) is 11.7. The van der Waals surface area contributed by atoms with Crippen LogP contribution in [0.15, 0.2) is 0 Å². The first-order chi connectivity index (χ1) is 7.98. The van der Waals surface area contributed by atoms with Gasteiger partial charge in [0.05, 0.1) is 6.10 Å². The molecule has 0 aromatic rings. The van der Waals surface area contributed by atoms with Crippen LogP contribution in [-0.4, -0.2) is 23.3 Å². The molecule has 0 aromatic carbocycles. The lowest BCUT2D eigenvalue weighted by molar-refractivity contribution is 0.0643. The highest BCUT2D eigenvalue weighted by atomic mass is 16.3. The van der Waals surface area contributed by atoms with Gasteiger partial charge in [-0.3, -0.25) is 0 Å². The van der Waals surface area contributed by atoms with Crippen molar-refractivity contribution < 1.29 is 5.11 Å². The van der Waals surface area contributed by atoms with E-state index < -0.39 is 0 Å². The van der Waals surface area contributed by atoms with Gasteiger partial charge in [0.1, 0.15) is 0 Å². The Morgan fingerprint density at radius 1 is 1.06 bits per heavy atom. The molecule has 2 fully saturated rings. The van der Waals surface area contributed by atoms with Crippen molar-refractivity contribution >= 4 is 0 Å². The van der Waals surface area contributed by atoms with E-state index in [1.165, 1.54) is 32.1 Å². The Morgan fingerprint density at radius 2 is 1.76 bits per heavy atom. The summed E-state index contributed by atoms with van der Waals surface area (Å²) in [4.78, 5) is 0. The van der Waals surface area contributed by atoms with Crippen molar-refractivity contribution in [2.75, 3.05) is 0 Å². The van der Waals surface area contributed by atoms with Crippen LogP contribution in [0, 0.1) is 11.3 Å². The van der Waals surface area contributed by atoms with Gasteiger partial charge in [-0.15, -0.1) is 0 Å². The summed E-state index contributed by atoms with van der Waals surface area (Å²) in [6.07, 6.45) is 8.43. The third kappa shape index (κ3) is 3.45. The topological polar surface area (TPSA) is 32.3 Å². The van der Waals surface area contributed by atoms with Gasteiger partial charge < -0.3 is 10.4 Å². The van der Waals surface area contributed by atoms with Crippen molar-refractivity contribution in [3.05, 3.63) is 0 Å². The van der Waals surface area contributed by atoms with Crippen LogP contribution in [0.4, 0.5) is 0 Å². The summed E-state index contributed by atoms with van der Waals surface area (Å²) < 4.78 is 0. The second-order valence-electron chi connectivity index (χ2n) is 7.12. The molecule has 0 spiro atoms. The molecule has 0 saturated heterocycles. The minimum absolute atomic E-state index is 0.106. The molecule has 0 aromatic heterocycles. The smallest absolute Gasteiger partial charge is 0.0693 e. The molecule has 0 aliphatic heterocycles. The molecule has 2 heteroatoms. The predicted octanol–water partition coefficient (Wildman–Crippen LogP) is 3.09. The number of aliphatic hydroxyl groups excluding tert-OH is 1. The zero-order chi connectivity index (χ0) is 12.5. The maximum absolute atomic E-state index is 10.0. The van der Waals surface area contributed by atoms with Crippen molar-refractivity contribution in [1.29, 1.82) is 0 Å². The Bertz CT molecular complexity index is 251. The van der Waals surface area contributed by atoms with E-state index in [0.717, 1.165) is 18.8 Å². The Morgan fingerprint density at radius 3 is 2.41 bits per heavy atom. The first-order valence-electron chi connectivity index (χ1n) is 7.42. The average Bonchev–Trinajstić information content (AvgIpc) is 2.24. The highest BCUT2D eigenvalue weighted by molar-refractivity contribution is 4.91. The number of hydrogen-bond acceptors (Lipinski definition) is 2. The molecule has 0 heterocycles. The predicted molar refractivity (Wildman–Crippen MR) is 72.0 cm³/mol.